The largest absolute Gasteiger partial charge is 2.00 e. The van der Waals surface area contributed by atoms with Crippen LogP contribution in [-0.2, 0) is 31.8 Å². The van der Waals surface area contributed by atoms with Crippen molar-refractivity contribution in [3.05, 3.63) is 48.2 Å². The van der Waals surface area contributed by atoms with Crippen LogP contribution in [-0.4, -0.2) is 28.9 Å². The van der Waals surface area contributed by atoms with Gasteiger partial charge in [-0.05, 0) is 50.6 Å². The Morgan fingerprint density at radius 1 is 1.12 bits per heavy atom. The first-order valence-electron chi connectivity index (χ1n) is 7.68. The third kappa shape index (κ3) is 6.40. The van der Waals surface area contributed by atoms with E-state index in [1.165, 1.54) is 12.8 Å². The molecule has 0 bridgehead atoms. The molecule has 0 aliphatic carbocycles. The van der Waals surface area contributed by atoms with Crippen LogP contribution < -0.4 is 10.2 Å². The smallest absolute Gasteiger partial charge is 0.872 e. The van der Waals surface area contributed by atoms with E-state index in [4.69, 9.17) is 9.90 Å². The van der Waals surface area contributed by atoms with Gasteiger partial charge in [-0.1, -0.05) is 36.1 Å². The zero-order valence-electron chi connectivity index (χ0n) is 13.5. The van der Waals surface area contributed by atoms with Crippen LogP contribution in [0.4, 0.5) is 0 Å². The van der Waals surface area contributed by atoms with E-state index in [1.807, 2.05) is 30.3 Å². The van der Waals surface area contributed by atoms with Gasteiger partial charge in [0.15, 0.2) is 0 Å². The average Bonchev–Trinajstić information content (AvgIpc) is 3.00. The Kier molecular flexibility index (Phi) is 8.63. The number of aliphatic carboxylic acids is 1. The van der Waals surface area contributed by atoms with Crippen molar-refractivity contribution in [2.24, 2.45) is 0 Å². The van der Waals surface area contributed by atoms with Crippen molar-refractivity contribution in [3.8, 4) is 17.0 Å². The summed E-state index contributed by atoms with van der Waals surface area (Å²) in [7, 11) is 0. The molecule has 1 fully saturated rings. The van der Waals surface area contributed by atoms with Crippen LogP contribution in [0.5, 0.6) is 5.75 Å². The molecule has 5 nitrogen and oxygen atoms in total. The maximum absolute atomic E-state index is 11.8. The molecule has 1 saturated heterocycles. The summed E-state index contributed by atoms with van der Waals surface area (Å²) in [6, 6.07) is 13.0. The van der Waals surface area contributed by atoms with E-state index in [1.54, 1.807) is 12.1 Å². The van der Waals surface area contributed by atoms with E-state index >= 15 is 0 Å². The fourth-order valence-electron chi connectivity index (χ4n) is 2.57. The summed E-state index contributed by atoms with van der Waals surface area (Å²) in [6.45, 7) is 4.17. The molecule has 6 heteroatoms. The van der Waals surface area contributed by atoms with Crippen LogP contribution >= 0.6 is 0 Å². The second kappa shape index (κ2) is 10.2. The molecule has 3 rings (SSSR count). The topological polar surface area (TPSA) is 79.3 Å². The van der Waals surface area contributed by atoms with Crippen LogP contribution in [0, 0.1) is 0 Å². The first-order chi connectivity index (χ1) is 11.1. The van der Waals surface area contributed by atoms with Crippen molar-refractivity contribution in [1.82, 2.24) is 9.88 Å². The number of aromatic nitrogens is 1. The number of para-hydroxylation sites is 1. The molecule has 1 aliphatic heterocycles. The second-order valence-electron chi connectivity index (χ2n) is 5.49. The molecule has 0 unspecified atom stereocenters. The van der Waals surface area contributed by atoms with Gasteiger partial charge < -0.3 is 15.0 Å². The predicted molar refractivity (Wildman–Crippen MR) is 84.3 cm³/mol. The zero-order chi connectivity index (χ0) is 16.7. The molecule has 0 amide bonds. The van der Waals surface area contributed by atoms with Crippen LogP contribution in [0.25, 0.3) is 11.3 Å². The average molecular weight is 419 g/mol. The third-order valence-corrected chi connectivity index (χ3v) is 3.55. The zero-order valence-corrected chi connectivity index (χ0v) is 15.1. The number of nitrogens with zero attached hydrogens (tertiary/aromatic N) is 2. The van der Waals surface area contributed by atoms with Gasteiger partial charge in [0.05, 0.1) is 11.4 Å². The molecule has 1 aliphatic rings. The molecule has 24 heavy (non-hydrogen) atoms. The van der Waals surface area contributed by atoms with Crippen LogP contribution in [0.1, 0.15) is 25.5 Å². The molecule has 2 aromatic rings. The number of likely N-dealkylation sites (tertiary alicyclic amines) is 1. The normalized spacial score (nSPS) is 13.5. The first-order valence-corrected chi connectivity index (χ1v) is 7.68. The van der Waals surface area contributed by atoms with Gasteiger partial charge in [-0.3, -0.25) is 9.88 Å². The fourth-order valence-corrected chi connectivity index (χ4v) is 2.57. The fraction of sp³-hybridized carbons (Fsp3) is 0.333. The number of benzene rings is 1. The molecule has 0 radical (unpaired) electrons. The van der Waals surface area contributed by atoms with Crippen molar-refractivity contribution < 1.29 is 35.4 Å². The van der Waals surface area contributed by atoms with Crippen molar-refractivity contribution >= 4 is 5.97 Å². The SMILES string of the molecule is CC(=O)[O-].[O-]c1ccccc1-c1cccc(CN2CCCC2)n1.[Pd+2]. The van der Waals surface area contributed by atoms with Gasteiger partial charge in [-0.25, -0.2) is 0 Å². The van der Waals surface area contributed by atoms with Crippen molar-refractivity contribution in [2.75, 3.05) is 13.1 Å². The molecule has 2 heterocycles. The number of rotatable bonds is 3. The monoisotopic (exact) mass is 418 g/mol. The second-order valence-corrected chi connectivity index (χ2v) is 5.49. The Morgan fingerprint density at radius 3 is 2.38 bits per heavy atom. The van der Waals surface area contributed by atoms with Gasteiger partial charge in [0.2, 0.25) is 0 Å². The summed E-state index contributed by atoms with van der Waals surface area (Å²) in [5, 5.41) is 20.7. The van der Waals surface area contributed by atoms with Gasteiger partial charge in [0, 0.05) is 12.5 Å². The number of carbonyl (C=O) groups excluding carboxylic acids is 1. The first kappa shape index (κ1) is 20.3. The van der Waals surface area contributed by atoms with Gasteiger partial charge in [0.1, 0.15) is 0 Å². The van der Waals surface area contributed by atoms with E-state index in [0.717, 1.165) is 37.9 Å². The molecule has 1 aromatic heterocycles. The van der Waals surface area contributed by atoms with E-state index in [0.29, 0.717) is 5.56 Å². The van der Waals surface area contributed by atoms with Gasteiger partial charge >= 0.3 is 20.4 Å². The molecule has 0 atom stereocenters. The molecule has 1 aromatic carbocycles. The maximum atomic E-state index is 11.8. The maximum Gasteiger partial charge on any atom is 2.00 e. The van der Waals surface area contributed by atoms with E-state index < -0.39 is 5.97 Å². The van der Waals surface area contributed by atoms with Crippen LogP contribution in [0.2, 0.25) is 0 Å². The summed E-state index contributed by atoms with van der Waals surface area (Å²) >= 11 is 0. The Labute approximate surface area is 156 Å². The number of carbonyl (C=O) groups is 1. The van der Waals surface area contributed by atoms with Crippen LogP contribution in [0.15, 0.2) is 42.5 Å². The third-order valence-electron chi connectivity index (χ3n) is 3.55. The molecule has 0 saturated carbocycles. The minimum atomic E-state index is -1.08. The molecule has 0 N–H and O–H groups in total. The summed E-state index contributed by atoms with van der Waals surface area (Å²) < 4.78 is 0. The van der Waals surface area contributed by atoms with E-state index in [-0.39, 0.29) is 26.2 Å². The predicted octanol–water partition coefficient (Wildman–Crippen LogP) is 1.17. The molecular weight excluding hydrogens is 399 g/mol. The summed E-state index contributed by atoms with van der Waals surface area (Å²) in [6.07, 6.45) is 2.56. The summed E-state index contributed by atoms with van der Waals surface area (Å²) in [5.74, 6) is -1.05. The van der Waals surface area contributed by atoms with Crippen molar-refractivity contribution in [1.29, 1.82) is 0 Å². The number of carboxylic acid groups (broad SMARTS) is 1. The number of pyridine rings is 1. The molecular formula is C18H20N2O3Pd. The Morgan fingerprint density at radius 2 is 1.75 bits per heavy atom. The Bertz CT molecular complexity index is 654. The number of hydrogen-bond donors (Lipinski definition) is 0. The molecule has 130 valence electrons. The number of hydrogen-bond acceptors (Lipinski definition) is 5. The minimum absolute atomic E-state index is 0. The van der Waals surface area contributed by atoms with E-state index in [9.17, 15) is 5.11 Å². The van der Waals surface area contributed by atoms with E-state index in [2.05, 4.69) is 9.88 Å². The van der Waals surface area contributed by atoms with Crippen molar-refractivity contribution in [3.63, 3.8) is 0 Å². The quantitative estimate of drug-likeness (QED) is 0.699. The molecule has 0 spiro atoms. The minimum Gasteiger partial charge on any atom is -0.872 e. The van der Waals surface area contributed by atoms with Crippen LogP contribution in [0.3, 0.4) is 0 Å². The van der Waals surface area contributed by atoms with Crippen molar-refractivity contribution in [2.45, 2.75) is 26.3 Å². The Hall–Kier alpha value is -1.74. The number of carboxylic acids is 1. The summed E-state index contributed by atoms with van der Waals surface area (Å²) in [4.78, 5) is 15.9. The standard InChI is InChI=1S/C16H18N2O.C2H4O2.Pd/c19-16-9-2-1-7-14(16)15-8-5-6-13(17-15)12-18-10-3-4-11-18;1-2(3)4;/h1-2,5-9,19H,3-4,10-12H2;1H3,(H,3,4);/q;;+2/p-2. The summed E-state index contributed by atoms with van der Waals surface area (Å²) in [5.41, 5.74) is 2.51. The van der Waals surface area contributed by atoms with Gasteiger partial charge in [0.25, 0.3) is 0 Å². The van der Waals surface area contributed by atoms with Gasteiger partial charge in [-0.2, -0.15) is 0 Å². The Balaban J connectivity index is 0.000000522. The van der Waals surface area contributed by atoms with Gasteiger partial charge in [-0.15, -0.1) is 0 Å².